The number of thiocarbonyl (C=S) groups is 1. The van der Waals surface area contributed by atoms with E-state index in [0.717, 1.165) is 50.6 Å². The molecule has 0 bridgehead atoms. The minimum atomic E-state index is 0.204. The predicted molar refractivity (Wildman–Crippen MR) is 77.9 cm³/mol. The Morgan fingerprint density at radius 2 is 2.42 bits per heavy atom. The van der Waals surface area contributed by atoms with Crippen LogP contribution in [-0.2, 0) is 9.53 Å². The van der Waals surface area contributed by atoms with Crippen LogP contribution >= 0.6 is 12.2 Å². The van der Waals surface area contributed by atoms with Crippen molar-refractivity contribution in [2.45, 2.75) is 31.7 Å². The summed E-state index contributed by atoms with van der Waals surface area (Å²) in [6.45, 7) is 3.50. The molecular formula is C13H23N3O2S. The highest BCUT2D eigenvalue weighted by Crippen LogP contribution is 2.25. The highest BCUT2D eigenvalue weighted by Gasteiger charge is 2.34. The van der Waals surface area contributed by atoms with E-state index in [1.54, 1.807) is 7.11 Å². The van der Waals surface area contributed by atoms with Gasteiger partial charge in [-0.3, -0.25) is 4.79 Å². The molecule has 2 fully saturated rings. The van der Waals surface area contributed by atoms with Gasteiger partial charge in [0.05, 0.1) is 0 Å². The molecule has 0 aromatic rings. The molecule has 19 heavy (non-hydrogen) atoms. The van der Waals surface area contributed by atoms with Crippen LogP contribution in [0.3, 0.4) is 0 Å². The third-order valence-corrected chi connectivity index (χ3v) is 4.31. The molecule has 2 aliphatic rings. The maximum Gasteiger partial charge on any atom is 0.220 e. The van der Waals surface area contributed by atoms with Gasteiger partial charge in [0.15, 0.2) is 5.11 Å². The number of carbonyl (C=O) groups is 1. The van der Waals surface area contributed by atoms with E-state index in [4.69, 9.17) is 17.0 Å². The topological polar surface area (TPSA) is 53.6 Å². The van der Waals surface area contributed by atoms with Gasteiger partial charge >= 0.3 is 0 Å². The van der Waals surface area contributed by atoms with E-state index >= 15 is 0 Å². The van der Waals surface area contributed by atoms with E-state index in [9.17, 15) is 4.79 Å². The van der Waals surface area contributed by atoms with Gasteiger partial charge in [0, 0.05) is 45.8 Å². The summed E-state index contributed by atoms with van der Waals surface area (Å²) in [6, 6.07) is 0.355. The molecule has 108 valence electrons. The molecule has 0 spiro atoms. The average molecular weight is 285 g/mol. The lowest BCUT2D eigenvalue weighted by Gasteiger charge is -2.42. The standard InChI is InChI=1S/C13H23N3O2S/c1-18-8-2-6-14-13(19)16-7-5-11-10(9-16)3-4-12(17)15-11/h10-11H,2-9H2,1H3,(H,14,19)(H,15,17). The lowest BCUT2D eigenvalue weighted by Crippen LogP contribution is -2.56. The molecule has 0 aromatic heterocycles. The summed E-state index contributed by atoms with van der Waals surface area (Å²) >= 11 is 5.43. The van der Waals surface area contributed by atoms with Crippen LogP contribution in [0.4, 0.5) is 0 Å². The maximum atomic E-state index is 11.4. The molecule has 2 N–H and O–H groups in total. The molecule has 0 aliphatic carbocycles. The van der Waals surface area contributed by atoms with Crippen LogP contribution in [0.2, 0.25) is 0 Å². The molecule has 6 heteroatoms. The zero-order valence-electron chi connectivity index (χ0n) is 11.5. The number of methoxy groups -OCH3 is 1. The van der Waals surface area contributed by atoms with Crippen LogP contribution in [-0.4, -0.2) is 55.3 Å². The van der Waals surface area contributed by atoms with Gasteiger partial charge in [-0.25, -0.2) is 0 Å². The number of fused-ring (bicyclic) bond motifs is 1. The number of likely N-dealkylation sites (tertiary alicyclic amines) is 1. The Morgan fingerprint density at radius 1 is 1.58 bits per heavy atom. The Bertz CT molecular complexity index is 338. The van der Waals surface area contributed by atoms with Crippen LogP contribution in [0.1, 0.15) is 25.7 Å². The predicted octanol–water partition coefficient (Wildman–Crippen LogP) is 0.498. The molecule has 2 aliphatic heterocycles. The van der Waals surface area contributed by atoms with E-state index in [2.05, 4.69) is 15.5 Å². The van der Waals surface area contributed by atoms with Crippen molar-refractivity contribution in [3.63, 3.8) is 0 Å². The van der Waals surface area contributed by atoms with Crippen molar-refractivity contribution in [3.05, 3.63) is 0 Å². The van der Waals surface area contributed by atoms with Crippen molar-refractivity contribution < 1.29 is 9.53 Å². The SMILES string of the molecule is COCCCNC(=S)N1CCC2NC(=O)CCC2C1. The summed E-state index contributed by atoms with van der Waals surface area (Å²) in [5.41, 5.74) is 0. The summed E-state index contributed by atoms with van der Waals surface area (Å²) in [5.74, 6) is 0.750. The first-order chi connectivity index (χ1) is 9.20. The average Bonchev–Trinajstić information content (AvgIpc) is 2.42. The maximum absolute atomic E-state index is 11.4. The van der Waals surface area contributed by atoms with Gasteiger partial charge in [-0.15, -0.1) is 0 Å². The molecule has 1 amide bonds. The number of nitrogens with zero attached hydrogens (tertiary/aromatic N) is 1. The summed E-state index contributed by atoms with van der Waals surface area (Å²) in [4.78, 5) is 13.6. The molecule has 2 saturated heterocycles. The molecule has 2 heterocycles. The van der Waals surface area contributed by atoms with Crippen molar-refractivity contribution in [2.75, 3.05) is 33.4 Å². The third kappa shape index (κ3) is 4.04. The normalized spacial score (nSPS) is 26.6. The van der Waals surface area contributed by atoms with Crippen LogP contribution in [0.15, 0.2) is 0 Å². The number of hydrogen-bond acceptors (Lipinski definition) is 3. The van der Waals surface area contributed by atoms with Crippen LogP contribution < -0.4 is 10.6 Å². The number of ether oxygens (including phenoxy) is 1. The number of nitrogens with one attached hydrogen (secondary N) is 2. The van der Waals surface area contributed by atoms with Crippen molar-refractivity contribution in [3.8, 4) is 0 Å². The van der Waals surface area contributed by atoms with Crippen molar-refractivity contribution in [1.82, 2.24) is 15.5 Å². The van der Waals surface area contributed by atoms with Gasteiger partial charge in [-0.1, -0.05) is 0 Å². The zero-order valence-corrected chi connectivity index (χ0v) is 12.3. The van der Waals surface area contributed by atoms with Crippen molar-refractivity contribution in [2.24, 2.45) is 5.92 Å². The Hall–Kier alpha value is -0.880. The van der Waals surface area contributed by atoms with Gasteiger partial charge in [-0.05, 0) is 37.4 Å². The fourth-order valence-corrected chi connectivity index (χ4v) is 3.09. The first-order valence-electron chi connectivity index (χ1n) is 7.02. The molecule has 2 unspecified atom stereocenters. The lowest BCUT2D eigenvalue weighted by atomic mass is 9.85. The quantitative estimate of drug-likeness (QED) is 0.582. The minimum absolute atomic E-state index is 0.204. The second kappa shape index (κ2) is 7.05. The lowest BCUT2D eigenvalue weighted by molar-refractivity contribution is -0.125. The summed E-state index contributed by atoms with van der Waals surface area (Å²) in [7, 11) is 1.71. The monoisotopic (exact) mass is 285 g/mol. The Morgan fingerprint density at radius 3 is 3.21 bits per heavy atom. The molecule has 2 atom stereocenters. The van der Waals surface area contributed by atoms with Gasteiger partial charge in [0.1, 0.15) is 0 Å². The number of piperidine rings is 2. The highest BCUT2D eigenvalue weighted by molar-refractivity contribution is 7.80. The number of rotatable bonds is 4. The van der Waals surface area contributed by atoms with E-state index in [-0.39, 0.29) is 5.91 Å². The molecule has 0 aromatic carbocycles. The van der Waals surface area contributed by atoms with Gasteiger partial charge in [-0.2, -0.15) is 0 Å². The van der Waals surface area contributed by atoms with E-state index < -0.39 is 0 Å². The molecule has 0 saturated carbocycles. The van der Waals surface area contributed by atoms with E-state index in [0.29, 0.717) is 18.4 Å². The Kier molecular flexibility index (Phi) is 5.39. The Labute approximate surface area is 120 Å². The highest BCUT2D eigenvalue weighted by atomic mass is 32.1. The minimum Gasteiger partial charge on any atom is -0.385 e. The molecule has 5 nitrogen and oxygen atoms in total. The fraction of sp³-hybridized carbons (Fsp3) is 0.846. The second-order valence-corrected chi connectivity index (χ2v) is 5.67. The summed E-state index contributed by atoms with van der Waals surface area (Å²) < 4.78 is 5.01. The first-order valence-corrected chi connectivity index (χ1v) is 7.42. The van der Waals surface area contributed by atoms with Crippen LogP contribution in [0.25, 0.3) is 0 Å². The van der Waals surface area contributed by atoms with Gasteiger partial charge in [0.2, 0.25) is 5.91 Å². The van der Waals surface area contributed by atoms with Gasteiger partial charge < -0.3 is 20.3 Å². The molecular weight excluding hydrogens is 262 g/mol. The first kappa shape index (κ1) is 14.5. The third-order valence-electron chi connectivity index (χ3n) is 3.91. The number of amides is 1. The van der Waals surface area contributed by atoms with Crippen LogP contribution in [0.5, 0.6) is 0 Å². The Balaban J connectivity index is 1.74. The van der Waals surface area contributed by atoms with Crippen LogP contribution in [0, 0.1) is 5.92 Å². The number of hydrogen-bond donors (Lipinski definition) is 2. The summed E-state index contributed by atoms with van der Waals surface area (Å²) in [6.07, 6.45) is 3.60. The second-order valence-electron chi connectivity index (χ2n) is 5.29. The molecule has 0 radical (unpaired) electrons. The van der Waals surface area contributed by atoms with E-state index in [1.165, 1.54) is 0 Å². The number of carbonyl (C=O) groups excluding carboxylic acids is 1. The van der Waals surface area contributed by atoms with Gasteiger partial charge in [0.25, 0.3) is 0 Å². The van der Waals surface area contributed by atoms with E-state index in [1.807, 2.05) is 0 Å². The van der Waals surface area contributed by atoms with Crippen molar-refractivity contribution in [1.29, 1.82) is 0 Å². The largest absolute Gasteiger partial charge is 0.385 e. The fourth-order valence-electron chi connectivity index (χ4n) is 2.82. The smallest absolute Gasteiger partial charge is 0.220 e. The summed E-state index contributed by atoms with van der Waals surface area (Å²) in [5, 5.41) is 7.21. The molecule has 2 rings (SSSR count). The van der Waals surface area contributed by atoms with Crippen molar-refractivity contribution >= 4 is 23.2 Å². The zero-order chi connectivity index (χ0) is 13.7.